The van der Waals surface area contributed by atoms with E-state index in [2.05, 4.69) is 0 Å². The van der Waals surface area contributed by atoms with E-state index >= 15 is 0 Å². The Morgan fingerprint density at radius 1 is 1.47 bits per heavy atom. The molecule has 1 rings (SSSR count). The van der Waals surface area contributed by atoms with E-state index in [1.54, 1.807) is 13.0 Å². The molecule has 1 N–H and O–H groups in total. The van der Waals surface area contributed by atoms with Crippen LogP contribution in [-0.4, -0.2) is 31.8 Å². The van der Waals surface area contributed by atoms with Gasteiger partial charge in [0, 0.05) is 25.3 Å². The number of aliphatic hydroxyl groups excluding tert-OH is 1. The van der Waals surface area contributed by atoms with Gasteiger partial charge in [0.1, 0.15) is 0 Å². The van der Waals surface area contributed by atoms with Crippen molar-refractivity contribution < 1.29 is 14.6 Å². The molecule has 0 saturated carbocycles. The second-order valence-electron chi connectivity index (χ2n) is 4.11. The van der Waals surface area contributed by atoms with E-state index in [1.807, 2.05) is 38.1 Å². The zero-order valence-corrected chi connectivity index (χ0v) is 10.7. The van der Waals surface area contributed by atoms with Crippen molar-refractivity contribution in [2.45, 2.75) is 20.0 Å². The Labute approximate surface area is 102 Å². The summed E-state index contributed by atoms with van der Waals surface area (Å²) in [5.41, 5.74) is 2.39. The van der Waals surface area contributed by atoms with Crippen molar-refractivity contribution in [1.29, 1.82) is 0 Å². The highest BCUT2D eigenvalue weighted by Gasteiger charge is 2.22. The molecular formula is C13H19NO3. The summed E-state index contributed by atoms with van der Waals surface area (Å²) in [5.74, 6) is -0.610. The molecule has 1 unspecified atom stereocenters. The van der Waals surface area contributed by atoms with E-state index in [1.165, 1.54) is 0 Å². The van der Waals surface area contributed by atoms with Gasteiger partial charge in [0.2, 0.25) is 0 Å². The number of esters is 1. The average Bonchev–Trinajstić information content (AvgIpc) is 2.27. The van der Waals surface area contributed by atoms with Crippen molar-refractivity contribution in [3.63, 3.8) is 0 Å². The molecule has 4 heteroatoms. The van der Waals surface area contributed by atoms with Crippen molar-refractivity contribution in [1.82, 2.24) is 0 Å². The first-order chi connectivity index (χ1) is 7.97. The van der Waals surface area contributed by atoms with E-state index in [9.17, 15) is 9.90 Å². The Hall–Kier alpha value is -1.55. The number of rotatable bonds is 4. The van der Waals surface area contributed by atoms with Crippen LogP contribution in [0.15, 0.2) is 18.2 Å². The molecule has 0 saturated heterocycles. The van der Waals surface area contributed by atoms with Gasteiger partial charge in [-0.25, -0.2) is 4.79 Å². The molecule has 1 atom stereocenters. The van der Waals surface area contributed by atoms with Gasteiger partial charge in [-0.15, -0.1) is 0 Å². The minimum Gasteiger partial charge on any atom is -0.464 e. The summed E-state index contributed by atoms with van der Waals surface area (Å²) >= 11 is 0. The highest BCUT2D eigenvalue weighted by molar-refractivity contribution is 5.79. The Balaban J connectivity index is 3.10. The maximum atomic E-state index is 11.5. The van der Waals surface area contributed by atoms with E-state index in [4.69, 9.17) is 4.74 Å². The van der Waals surface area contributed by atoms with Crippen molar-refractivity contribution in [2.24, 2.45) is 0 Å². The predicted octanol–water partition coefficient (Wildman–Crippen LogP) is 1.66. The number of carbonyl (C=O) groups excluding carboxylic acids is 1. The summed E-state index contributed by atoms with van der Waals surface area (Å²) in [7, 11) is 3.73. The second kappa shape index (κ2) is 5.68. The van der Waals surface area contributed by atoms with Crippen LogP contribution in [-0.2, 0) is 9.53 Å². The van der Waals surface area contributed by atoms with Gasteiger partial charge in [0.05, 0.1) is 6.61 Å². The normalized spacial score (nSPS) is 12.1. The minimum absolute atomic E-state index is 0.263. The zero-order valence-electron chi connectivity index (χ0n) is 10.7. The summed E-state index contributed by atoms with van der Waals surface area (Å²) in [6, 6.07) is 5.63. The zero-order chi connectivity index (χ0) is 13.0. The van der Waals surface area contributed by atoms with E-state index < -0.39 is 12.1 Å². The SMILES string of the molecule is CCOC(=O)C(O)c1cc(C)ccc1N(C)C. The van der Waals surface area contributed by atoms with Crippen LogP contribution in [0.1, 0.15) is 24.2 Å². The maximum absolute atomic E-state index is 11.5. The molecule has 0 bridgehead atoms. The molecule has 0 fully saturated rings. The summed E-state index contributed by atoms with van der Waals surface area (Å²) in [6.45, 7) is 3.90. The number of aliphatic hydroxyl groups is 1. The third kappa shape index (κ3) is 3.20. The first-order valence-electron chi connectivity index (χ1n) is 5.60. The van der Waals surface area contributed by atoms with Gasteiger partial charge in [0.25, 0.3) is 0 Å². The number of aryl methyl sites for hydroxylation is 1. The van der Waals surface area contributed by atoms with Gasteiger partial charge in [-0.2, -0.15) is 0 Å². The van der Waals surface area contributed by atoms with Gasteiger partial charge in [-0.05, 0) is 19.9 Å². The number of anilines is 1. The lowest BCUT2D eigenvalue weighted by Gasteiger charge is -2.20. The molecule has 0 aliphatic rings. The van der Waals surface area contributed by atoms with Crippen LogP contribution < -0.4 is 4.90 Å². The third-order valence-electron chi connectivity index (χ3n) is 2.47. The van der Waals surface area contributed by atoms with Crippen molar-refractivity contribution in [3.8, 4) is 0 Å². The number of benzene rings is 1. The number of carbonyl (C=O) groups is 1. The fourth-order valence-electron chi connectivity index (χ4n) is 1.65. The van der Waals surface area contributed by atoms with Crippen LogP contribution in [0.4, 0.5) is 5.69 Å². The Morgan fingerprint density at radius 3 is 2.65 bits per heavy atom. The lowest BCUT2D eigenvalue weighted by Crippen LogP contribution is -2.19. The maximum Gasteiger partial charge on any atom is 0.339 e. The first-order valence-corrected chi connectivity index (χ1v) is 5.60. The molecular weight excluding hydrogens is 218 g/mol. The van der Waals surface area contributed by atoms with Crippen LogP contribution in [0, 0.1) is 6.92 Å². The molecule has 0 aromatic heterocycles. The largest absolute Gasteiger partial charge is 0.464 e. The van der Waals surface area contributed by atoms with Crippen molar-refractivity contribution in [3.05, 3.63) is 29.3 Å². The van der Waals surface area contributed by atoms with Crippen LogP contribution in [0.3, 0.4) is 0 Å². The molecule has 0 amide bonds. The highest BCUT2D eigenvalue weighted by Crippen LogP contribution is 2.27. The molecule has 4 nitrogen and oxygen atoms in total. The fraction of sp³-hybridized carbons (Fsp3) is 0.462. The molecule has 0 spiro atoms. The number of ether oxygens (including phenoxy) is 1. The number of hydrogen-bond donors (Lipinski definition) is 1. The Morgan fingerprint density at radius 2 is 2.12 bits per heavy atom. The summed E-state index contributed by atoms with van der Waals surface area (Å²) in [6.07, 6.45) is -1.23. The Bertz CT molecular complexity index is 402. The lowest BCUT2D eigenvalue weighted by molar-refractivity contribution is -0.153. The smallest absolute Gasteiger partial charge is 0.339 e. The molecule has 0 heterocycles. The van der Waals surface area contributed by atoms with Crippen LogP contribution in [0.2, 0.25) is 0 Å². The van der Waals surface area contributed by atoms with Crippen LogP contribution in [0.25, 0.3) is 0 Å². The van der Waals surface area contributed by atoms with E-state index in [0.717, 1.165) is 11.3 Å². The molecule has 0 radical (unpaired) electrons. The van der Waals surface area contributed by atoms with Crippen LogP contribution >= 0.6 is 0 Å². The third-order valence-corrected chi connectivity index (χ3v) is 2.47. The fourth-order valence-corrected chi connectivity index (χ4v) is 1.65. The molecule has 17 heavy (non-hydrogen) atoms. The molecule has 0 aliphatic carbocycles. The van der Waals surface area contributed by atoms with Gasteiger partial charge >= 0.3 is 5.97 Å². The number of hydrogen-bond acceptors (Lipinski definition) is 4. The van der Waals surface area contributed by atoms with Crippen molar-refractivity contribution in [2.75, 3.05) is 25.6 Å². The second-order valence-corrected chi connectivity index (χ2v) is 4.11. The summed E-state index contributed by atoms with van der Waals surface area (Å²) < 4.78 is 4.83. The van der Waals surface area contributed by atoms with E-state index in [0.29, 0.717) is 5.56 Å². The molecule has 1 aromatic carbocycles. The molecule has 94 valence electrons. The summed E-state index contributed by atoms with van der Waals surface area (Å²) in [5, 5.41) is 9.97. The monoisotopic (exact) mass is 237 g/mol. The lowest BCUT2D eigenvalue weighted by atomic mass is 10.0. The quantitative estimate of drug-likeness (QED) is 0.809. The average molecular weight is 237 g/mol. The topological polar surface area (TPSA) is 49.8 Å². The molecule has 0 aliphatic heterocycles. The predicted molar refractivity (Wildman–Crippen MR) is 67.1 cm³/mol. The first kappa shape index (κ1) is 13.5. The standard InChI is InChI=1S/C13H19NO3/c1-5-17-13(16)12(15)10-8-9(2)6-7-11(10)14(3)4/h6-8,12,15H,5H2,1-4H3. The van der Waals surface area contributed by atoms with Gasteiger partial charge in [0.15, 0.2) is 6.10 Å². The van der Waals surface area contributed by atoms with Crippen molar-refractivity contribution >= 4 is 11.7 Å². The highest BCUT2D eigenvalue weighted by atomic mass is 16.5. The Kier molecular flexibility index (Phi) is 4.52. The van der Waals surface area contributed by atoms with Gasteiger partial charge in [-0.3, -0.25) is 0 Å². The summed E-state index contributed by atoms with van der Waals surface area (Å²) in [4.78, 5) is 13.4. The molecule has 1 aromatic rings. The van der Waals surface area contributed by atoms with Crippen LogP contribution in [0.5, 0.6) is 0 Å². The van der Waals surface area contributed by atoms with Gasteiger partial charge in [-0.1, -0.05) is 17.7 Å². The van der Waals surface area contributed by atoms with E-state index in [-0.39, 0.29) is 6.61 Å². The van der Waals surface area contributed by atoms with Gasteiger partial charge < -0.3 is 14.7 Å². The number of nitrogens with zero attached hydrogens (tertiary/aromatic N) is 1. The minimum atomic E-state index is -1.23.